The topological polar surface area (TPSA) is 82.7 Å². The third-order valence-electron chi connectivity index (χ3n) is 7.10. The quantitative estimate of drug-likeness (QED) is 0.263. The number of hydrogen-bond donors (Lipinski definition) is 2. The zero-order valence-corrected chi connectivity index (χ0v) is 21.1. The highest BCUT2D eigenvalue weighted by atomic mass is 32.1. The molecule has 0 amide bonds. The molecule has 0 aliphatic carbocycles. The van der Waals surface area contributed by atoms with Crippen LogP contribution in [0.3, 0.4) is 0 Å². The lowest BCUT2D eigenvalue weighted by Crippen LogP contribution is -2.25. The minimum atomic E-state index is 0.678. The van der Waals surface area contributed by atoms with Gasteiger partial charge in [-0.15, -0.1) is 0 Å². The Bertz CT molecular complexity index is 1680. The van der Waals surface area contributed by atoms with Gasteiger partial charge in [0.25, 0.3) is 0 Å². The first-order valence-electron chi connectivity index (χ1n) is 12.6. The number of thiophene rings is 1. The number of hydrogen-bond acceptors (Lipinski definition) is 6. The summed E-state index contributed by atoms with van der Waals surface area (Å²) in [6.45, 7) is 3.99. The Labute approximate surface area is 218 Å². The molecule has 1 saturated heterocycles. The second-order valence-corrected chi connectivity index (χ2v) is 10.2. The molecule has 5 aromatic heterocycles. The molecule has 7 rings (SSSR count). The monoisotopic (exact) mass is 506 g/mol. The van der Waals surface area contributed by atoms with Crippen molar-refractivity contribution >= 4 is 33.3 Å². The molecule has 184 valence electrons. The number of aromatic amines is 2. The number of aromatic nitrogens is 5. The first-order chi connectivity index (χ1) is 18.3. The van der Waals surface area contributed by atoms with Crippen molar-refractivity contribution in [3.63, 3.8) is 0 Å². The summed E-state index contributed by atoms with van der Waals surface area (Å²) in [5.41, 5.74) is 8.10. The molecule has 2 N–H and O–H groups in total. The van der Waals surface area contributed by atoms with Crippen LogP contribution in [0.5, 0.6) is 5.75 Å². The second kappa shape index (κ2) is 9.46. The summed E-state index contributed by atoms with van der Waals surface area (Å²) >= 11 is 1.70. The molecule has 0 radical (unpaired) electrons. The van der Waals surface area contributed by atoms with E-state index < -0.39 is 0 Å². The number of H-pyrrole nitrogens is 2. The van der Waals surface area contributed by atoms with E-state index in [0.29, 0.717) is 6.61 Å². The summed E-state index contributed by atoms with van der Waals surface area (Å²) in [6.07, 6.45) is 8.11. The largest absolute Gasteiger partial charge is 0.491 e. The van der Waals surface area contributed by atoms with Gasteiger partial charge in [0.1, 0.15) is 23.7 Å². The van der Waals surface area contributed by atoms with Crippen LogP contribution in [0, 0.1) is 0 Å². The maximum Gasteiger partial charge on any atom is 0.138 e. The molecule has 8 heteroatoms. The average molecular weight is 507 g/mol. The van der Waals surface area contributed by atoms with Gasteiger partial charge in [-0.25, -0.2) is 4.98 Å². The van der Waals surface area contributed by atoms with Crippen LogP contribution in [0.25, 0.3) is 55.6 Å². The van der Waals surface area contributed by atoms with E-state index in [1.165, 1.54) is 37.1 Å². The molecule has 0 bridgehead atoms. The molecule has 1 fully saturated rings. The van der Waals surface area contributed by atoms with Crippen molar-refractivity contribution in [2.45, 2.75) is 12.8 Å². The van der Waals surface area contributed by atoms with Crippen molar-refractivity contribution in [1.29, 1.82) is 0 Å². The summed E-state index contributed by atoms with van der Waals surface area (Å²) in [5, 5.41) is 14.2. The molecule has 1 aliphatic rings. The third kappa shape index (κ3) is 4.28. The van der Waals surface area contributed by atoms with Crippen molar-refractivity contribution in [2.75, 3.05) is 26.2 Å². The first-order valence-corrected chi connectivity index (χ1v) is 13.6. The van der Waals surface area contributed by atoms with Gasteiger partial charge in [-0.05, 0) is 89.8 Å². The Morgan fingerprint density at radius 2 is 1.89 bits per heavy atom. The smallest absolute Gasteiger partial charge is 0.138 e. The lowest BCUT2D eigenvalue weighted by atomic mass is 10.0. The molecule has 1 aromatic carbocycles. The van der Waals surface area contributed by atoms with Crippen LogP contribution in [0.4, 0.5) is 0 Å². The predicted molar refractivity (Wildman–Crippen MR) is 149 cm³/mol. The molecule has 0 unspecified atom stereocenters. The molecule has 1 aliphatic heterocycles. The van der Waals surface area contributed by atoms with E-state index in [1.807, 2.05) is 12.4 Å². The summed E-state index contributed by atoms with van der Waals surface area (Å²) in [5.74, 6) is 0.798. The van der Waals surface area contributed by atoms with Crippen LogP contribution in [0.15, 0.2) is 71.8 Å². The molecule has 6 heterocycles. The Kier molecular flexibility index (Phi) is 5.68. The Balaban J connectivity index is 1.20. The third-order valence-corrected chi connectivity index (χ3v) is 7.79. The average Bonchev–Trinajstić information content (AvgIpc) is 3.74. The Morgan fingerprint density at radius 3 is 2.78 bits per heavy atom. The minimum absolute atomic E-state index is 0.678. The van der Waals surface area contributed by atoms with Crippen molar-refractivity contribution in [3.8, 4) is 39.4 Å². The standard InChI is InChI=1S/C29H26N6OS/c1-2-9-35(8-1)10-11-36-22-13-21(16-30-17-22)19-3-4-26-25(14-19)28(34-33-26)27-15-24-23(20-6-12-37-18-20)5-7-31-29(24)32-27/h3-7,12-18H,1-2,8-11H2,(H,31,32)(H,33,34). The van der Waals surface area contributed by atoms with E-state index in [-0.39, 0.29) is 0 Å². The normalized spacial score (nSPS) is 14.2. The fourth-order valence-corrected chi connectivity index (χ4v) is 5.83. The van der Waals surface area contributed by atoms with Gasteiger partial charge in [0.15, 0.2) is 0 Å². The highest BCUT2D eigenvalue weighted by Gasteiger charge is 2.16. The van der Waals surface area contributed by atoms with E-state index >= 15 is 0 Å². The van der Waals surface area contributed by atoms with Gasteiger partial charge in [-0.1, -0.05) is 6.07 Å². The fraction of sp³-hybridized carbons (Fsp3) is 0.207. The van der Waals surface area contributed by atoms with Gasteiger partial charge >= 0.3 is 0 Å². The number of nitrogens with one attached hydrogen (secondary N) is 2. The molecule has 0 atom stereocenters. The number of rotatable bonds is 7. The van der Waals surface area contributed by atoms with Crippen molar-refractivity contribution in [1.82, 2.24) is 30.0 Å². The number of likely N-dealkylation sites (tertiary alicyclic amines) is 1. The number of pyridine rings is 2. The van der Waals surface area contributed by atoms with Gasteiger partial charge in [0, 0.05) is 35.3 Å². The molecule has 0 saturated carbocycles. The Morgan fingerprint density at radius 1 is 0.946 bits per heavy atom. The highest BCUT2D eigenvalue weighted by molar-refractivity contribution is 7.08. The zero-order chi connectivity index (χ0) is 24.6. The molecule has 37 heavy (non-hydrogen) atoms. The van der Waals surface area contributed by atoms with E-state index in [0.717, 1.165) is 56.7 Å². The van der Waals surface area contributed by atoms with E-state index in [9.17, 15) is 0 Å². The van der Waals surface area contributed by atoms with E-state index in [1.54, 1.807) is 17.5 Å². The van der Waals surface area contributed by atoms with Crippen molar-refractivity contribution < 1.29 is 4.74 Å². The van der Waals surface area contributed by atoms with Crippen LogP contribution >= 0.6 is 11.3 Å². The van der Waals surface area contributed by atoms with Gasteiger partial charge in [-0.3, -0.25) is 15.0 Å². The van der Waals surface area contributed by atoms with Crippen LogP contribution in [-0.4, -0.2) is 56.3 Å². The SMILES string of the molecule is c1cc(-c2ccsc2)c2cc(-c3n[nH]c4ccc(-c5cncc(OCCN6CCCC6)c5)cc34)[nH]c2n1. The maximum atomic E-state index is 6.04. The first kappa shape index (κ1) is 22.2. The Hall–Kier alpha value is -4.01. The van der Waals surface area contributed by atoms with Crippen LogP contribution < -0.4 is 4.74 Å². The van der Waals surface area contributed by atoms with Gasteiger partial charge in [0.05, 0.1) is 17.4 Å². The lowest BCUT2D eigenvalue weighted by molar-refractivity contribution is 0.237. The van der Waals surface area contributed by atoms with Gasteiger partial charge in [0.2, 0.25) is 0 Å². The summed E-state index contributed by atoms with van der Waals surface area (Å²) in [4.78, 5) is 15.0. The molecular weight excluding hydrogens is 480 g/mol. The number of benzene rings is 1. The summed E-state index contributed by atoms with van der Waals surface area (Å²) in [6, 6.07) is 14.7. The summed E-state index contributed by atoms with van der Waals surface area (Å²) in [7, 11) is 0. The van der Waals surface area contributed by atoms with Crippen LogP contribution in [0.1, 0.15) is 12.8 Å². The van der Waals surface area contributed by atoms with Gasteiger partial charge < -0.3 is 9.72 Å². The van der Waals surface area contributed by atoms with E-state index in [2.05, 4.69) is 83.3 Å². The van der Waals surface area contributed by atoms with Crippen molar-refractivity contribution in [2.24, 2.45) is 0 Å². The lowest BCUT2D eigenvalue weighted by Gasteiger charge is -2.15. The number of nitrogens with zero attached hydrogens (tertiary/aromatic N) is 4. The molecular formula is C29H26N6OS. The van der Waals surface area contributed by atoms with Crippen molar-refractivity contribution in [3.05, 3.63) is 71.8 Å². The molecule has 7 nitrogen and oxygen atoms in total. The highest BCUT2D eigenvalue weighted by Crippen LogP contribution is 2.35. The maximum absolute atomic E-state index is 6.04. The summed E-state index contributed by atoms with van der Waals surface area (Å²) < 4.78 is 6.04. The molecule has 6 aromatic rings. The minimum Gasteiger partial charge on any atom is -0.491 e. The molecule has 0 spiro atoms. The van der Waals surface area contributed by atoms with E-state index in [4.69, 9.17) is 4.74 Å². The zero-order valence-electron chi connectivity index (χ0n) is 20.3. The second-order valence-electron chi connectivity index (χ2n) is 9.45. The number of fused-ring (bicyclic) bond motifs is 2. The van der Waals surface area contributed by atoms with Gasteiger partial charge in [-0.2, -0.15) is 16.4 Å². The van der Waals surface area contributed by atoms with Crippen LogP contribution in [0.2, 0.25) is 0 Å². The van der Waals surface area contributed by atoms with Crippen LogP contribution in [-0.2, 0) is 0 Å². The number of ether oxygens (including phenoxy) is 1. The predicted octanol–water partition coefficient (Wildman–Crippen LogP) is 6.37. The fourth-order valence-electron chi connectivity index (χ4n) is 5.18.